The Balaban J connectivity index is 2.19. The van der Waals surface area contributed by atoms with Gasteiger partial charge in [0, 0.05) is 19.7 Å². The fourth-order valence-electron chi connectivity index (χ4n) is 1.33. The molecule has 0 saturated carbocycles. The molecule has 4 nitrogen and oxygen atoms in total. The molecule has 0 atom stereocenters. The van der Waals surface area contributed by atoms with E-state index >= 15 is 0 Å². The molecule has 4 heteroatoms. The topological polar surface area (TPSA) is 41.4 Å². The van der Waals surface area contributed by atoms with Gasteiger partial charge < -0.3 is 4.90 Å². The van der Waals surface area contributed by atoms with Crippen molar-refractivity contribution in [3.8, 4) is 11.3 Å². The van der Waals surface area contributed by atoms with Crippen LogP contribution in [0.1, 0.15) is 0 Å². The summed E-state index contributed by atoms with van der Waals surface area (Å²) in [6.45, 7) is 0. The largest absolute Gasteiger partial charge is 0.369 e. The van der Waals surface area contributed by atoms with Gasteiger partial charge in [-0.2, -0.15) is 0 Å². The molecule has 17 heavy (non-hydrogen) atoms. The highest BCUT2D eigenvalue weighted by atomic mass is 15.2. The highest BCUT2D eigenvalue weighted by molar-refractivity contribution is 5.61. The molecular weight excluding hydrogens is 212 g/mol. The minimum absolute atomic E-state index is 0.610. The Morgan fingerprint density at radius 3 is 2.35 bits per heavy atom. The fourth-order valence-corrected chi connectivity index (χ4v) is 1.33. The van der Waals surface area contributed by atoms with E-state index < -0.39 is 0 Å². The minimum atomic E-state index is 0.610. The Bertz CT molecular complexity index is 489. The summed E-state index contributed by atoms with van der Waals surface area (Å²) in [6, 6.07) is 13.7. The first-order valence-corrected chi connectivity index (χ1v) is 5.35. The maximum atomic E-state index is 4.17. The SMILES string of the molecule is CN(C)/C=N/c1ccc(-c2ccccc2)nn1. The predicted octanol–water partition coefficient (Wildman–Crippen LogP) is 2.37. The average Bonchev–Trinajstić information content (AvgIpc) is 2.38. The first-order valence-electron chi connectivity index (χ1n) is 5.35. The second-order valence-corrected chi connectivity index (χ2v) is 3.85. The molecule has 0 aliphatic rings. The molecule has 0 fully saturated rings. The van der Waals surface area contributed by atoms with E-state index in [1.54, 1.807) is 6.34 Å². The molecule has 1 aromatic heterocycles. The van der Waals surface area contributed by atoms with E-state index in [9.17, 15) is 0 Å². The van der Waals surface area contributed by atoms with Crippen molar-refractivity contribution in [2.24, 2.45) is 4.99 Å². The third kappa shape index (κ3) is 3.11. The van der Waals surface area contributed by atoms with E-state index in [-0.39, 0.29) is 0 Å². The first-order chi connectivity index (χ1) is 8.25. The van der Waals surface area contributed by atoms with E-state index in [0.29, 0.717) is 5.82 Å². The van der Waals surface area contributed by atoms with Crippen LogP contribution in [0, 0.1) is 0 Å². The summed E-state index contributed by atoms with van der Waals surface area (Å²) >= 11 is 0. The van der Waals surface area contributed by atoms with Crippen molar-refractivity contribution in [1.82, 2.24) is 15.1 Å². The van der Waals surface area contributed by atoms with Gasteiger partial charge in [0.25, 0.3) is 0 Å². The molecule has 0 amide bonds. The van der Waals surface area contributed by atoms with E-state index in [2.05, 4.69) is 15.2 Å². The molecule has 2 rings (SSSR count). The Hall–Kier alpha value is -2.23. The van der Waals surface area contributed by atoms with Gasteiger partial charge >= 0.3 is 0 Å². The second kappa shape index (κ2) is 5.21. The molecule has 0 bridgehead atoms. The zero-order valence-corrected chi connectivity index (χ0v) is 9.91. The quantitative estimate of drug-likeness (QED) is 0.596. The molecule has 0 spiro atoms. The Kier molecular flexibility index (Phi) is 3.45. The predicted molar refractivity (Wildman–Crippen MR) is 69.3 cm³/mol. The third-order valence-electron chi connectivity index (χ3n) is 2.14. The summed E-state index contributed by atoms with van der Waals surface area (Å²) in [5, 5.41) is 8.20. The highest BCUT2D eigenvalue weighted by Gasteiger charge is 1.98. The van der Waals surface area contributed by atoms with Crippen LogP contribution in [0.5, 0.6) is 0 Å². The number of nitrogens with zero attached hydrogens (tertiary/aromatic N) is 4. The molecule has 0 radical (unpaired) electrons. The Morgan fingerprint density at radius 2 is 1.76 bits per heavy atom. The Labute approximate surface area is 101 Å². The number of hydrogen-bond acceptors (Lipinski definition) is 3. The Morgan fingerprint density at radius 1 is 1.00 bits per heavy atom. The van der Waals surface area contributed by atoms with Crippen molar-refractivity contribution in [2.45, 2.75) is 0 Å². The molecule has 0 unspecified atom stereocenters. The van der Waals surface area contributed by atoms with Gasteiger partial charge in [0.05, 0.1) is 12.0 Å². The monoisotopic (exact) mass is 226 g/mol. The van der Waals surface area contributed by atoms with Gasteiger partial charge in [-0.15, -0.1) is 10.2 Å². The van der Waals surface area contributed by atoms with E-state index in [4.69, 9.17) is 0 Å². The van der Waals surface area contributed by atoms with Gasteiger partial charge in [0.15, 0.2) is 5.82 Å². The lowest BCUT2D eigenvalue weighted by atomic mass is 10.1. The zero-order valence-electron chi connectivity index (χ0n) is 9.91. The minimum Gasteiger partial charge on any atom is -0.369 e. The molecule has 86 valence electrons. The standard InChI is InChI=1S/C13H14N4/c1-17(2)10-14-13-9-8-12(15-16-13)11-6-4-3-5-7-11/h3-10H,1-2H3/b14-10+. The number of hydrogen-bond donors (Lipinski definition) is 0. The van der Waals surface area contributed by atoms with Gasteiger partial charge in [-0.25, -0.2) is 4.99 Å². The fraction of sp³-hybridized carbons (Fsp3) is 0.154. The summed E-state index contributed by atoms with van der Waals surface area (Å²) in [7, 11) is 3.82. The smallest absolute Gasteiger partial charge is 0.175 e. The lowest BCUT2D eigenvalue weighted by molar-refractivity contribution is 0.643. The van der Waals surface area contributed by atoms with Gasteiger partial charge in [-0.1, -0.05) is 30.3 Å². The first kappa shape index (κ1) is 11.3. The zero-order chi connectivity index (χ0) is 12.1. The number of rotatable bonds is 3. The number of aliphatic imine (C=N–C) groups is 1. The molecule has 0 aliphatic heterocycles. The molecule has 2 aromatic rings. The van der Waals surface area contributed by atoms with Crippen LogP contribution in [-0.2, 0) is 0 Å². The van der Waals surface area contributed by atoms with Crippen LogP contribution >= 0.6 is 0 Å². The van der Waals surface area contributed by atoms with Gasteiger partial charge in [-0.05, 0) is 12.1 Å². The molecular formula is C13H14N4. The van der Waals surface area contributed by atoms with Gasteiger partial charge in [0.1, 0.15) is 0 Å². The second-order valence-electron chi connectivity index (χ2n) is 3.85. The van der Waals surface area contributed by atoms with Crippen molar-refractivity contribution >= 4 is 12.2 Å². The van der Waals surface area contributed by atoms with Crippen LogP contribution in [0.2, 0.25) is 0 Å². The summed E-state index contributed by atoms with van der Waals surface area (Å²) < 4.78 is 0. The van der Waals surface area contributed by atoms with Crippen LogP contribution in [0.15, 0.2) is 47.5 Å². The molecule has 1 aromatic carbocycles. The lowest BCUT2D eigenvalue weighted by Gasteiger charge is -2.02. The summed E-state index contributed by atoms with van der Waals surface area (Å²) in [4.78, 5) is 6.02. The third-order valence-corrected chi connectivity index (χ3v) is 2.14. The van der Waals surface area contributed by atoms with Crippen LogP contribution in [-0.4, -0.2) is 35.5 Å². The van der Waals surface area contributed by atoms with E-state index in [1.807, 2.05) is 61.5 Å². The van der Waals surface area contributed by atoms with Crippen LogP contribution in [0.25, 0.3) is 11.3 Å². The highest BCUT2D eigenvalue weighted by Crippen LogP contribution is 2.16. The van der Waals surface area contributed by atoms with Crippen LogP contribution in [0.3, 0.4) is 0 Å². The van der Waals surface area contributed by atoms with Crippen molar-refractivity contribution in [3.05, 3.63) is 42.5 Å². The van der Waals surface area contributed by atoms with Crippen molar-refractivity contribution < 1.29 is 0 Å². The van der Waals surface area contributed by atoms with Crippen molar-refractivity contribution in [2.75, 3.05) is 14.1 Å². The summed E-state index contributed by atoms with van der Waals surface area (Å²) in [5.74, 6) is 0.610. The molecule has 0 N–H and O–H groups in total. The molecule has 0 aliphatic carbocycles. The molecule has 0 saturated heterocycles. The summed E-state index contributed by atoms with van der Waals surface area (Å²) in [5.41, 5.74) is 1.91. The van der Waals surface area contributed by atoms with Gasteiger partial charge in [-0.3, -0.25) is 0 Å². The lowest BCUT2D eigenvalue weighted by Crippen LogP contribution is -2.07. The maximum absolute atomic E-state index is 4.17. The van der Waals surface area contributed by atoms with E-state index in [1.165, 1.54) is 0 Å². The molecule has 1 heterocycles. The van der Waals surface area contributed by atoms with Crippen LogP contribution < -0.4 is 0 Å². The average molecular weight is 226 g/mol. The number of benzene rings is 1. The van der Waals surface area contributed by atoms with Crippen LogP contribution in [0.4, 0.5) is 5.82 Å². The van der Waals surface area contributed by atoms with E-state index in [0.717, 1.165) is 11.3 Å². The van der Waals surface area contributed by atoms with Gasteiger partial charge in [0.2, 0.25) is 0 Å². The number of aromatic nitrogens is 2. The maximum Gasteiger partial charge on any atom is 0.175 e. The van der Waals surface area contributed by atoms with Crippen molar-refractivity contribution in [3.63, 3.8) is 0 Å². The summed E-state index contributed by atoms with van der Waals surface area (Å²) in [6.07, 6.45) is 1.70. The normalized spacial score (nSPS) is 10.7. The van der Waals surface area contributed by atoms with Crippen molar-refractivity contribution in [1.29, 1.82) is 0 Å².